The maximum Gasteiger partial charge on any atom is 0.488 e. The van der Waals surface area contributed by atoms with Gasteiger partial charge in [-0.05, 0) is 25.0 Å². The summed E-state index contributed by atoms with van der Waals surface area (Å²) in [5, 5.41) is 18.7. The first kappa shape index (κ1) is 13.6. The van der Waals surface area contributed by atoms with Gasteiger partial charge in [-0.1, -0.05) is 24.3 Å². The molecule has 1 aliphatic heterocycles. The predicted octanol–water partition coefficient (Wildman–Crippen LogP) is -0.498. The minimum Gasteiger partial charge on any atom is -0.423 e. The molecule has 2 rings (SSSR count). The van der Waals surface area contributed by atoms with Gasteiger partial charge in [0.25, 0.3) is 0 Å². The van der Waals surface area contributed by atoms with Gasteiger partial charge in [-0.2, -0.15) is 0 Å². The molecule has 18 heavy (non-hydrogen) atoms. The number of hydrogen-bond acceptors (Lipinski definition) is 4. The number of piperazine rings is 1. The minimum atomic E-state index is -1.38. The van der Waals surface area contributed by atoms with Crippen LogP contribution >= 0.6 is 0 Å². The van der Waals surface area contributed by atoms with Crippen LogP contribution in [0, 0.1) is 0 Å². The first-order valence-corrected chi connectivity index (χ1v) is 6.44. The summed E-state index contributed by atoms with van der Waals surface area (Å²) in [5.74, 6) is 0. The molecule has 0 aliphatic carbocycles. The molecule has 1 heterocycles. The third kappa shape index (κ3) is 3.11. The zero-order chi connectivity index (χ0) is 13.1. The van der Waals surface area contributed by atoms with E-state index in [9.17, 15) is 10.0 Å². The third-order valence-electron chi connectivity index (χ3n) is 3.77. The van der Waals surface area contributed by atoms with E-state index in [1.54, 1.807) is 6.07 Å². The topological polar surface area (TPSA) is 46.9 Å². The Morgan fingerprint density at radius 3 is 2.67 bits per heavy atom. The van der Waals surface area contributed by atoms with Gasteiger partial charge in [-0.25, -0.2) is 0 Å². The second-order valence-electron chi connectivity index (χ2n) is 5.14. The summed E-state index contributed by atoms with van der Waals surface area (Å²) in [4.78, 5) is 4.72. The fourth-order valence-electron chi connectivity index (χ4n) is 2.44. The van der Waals surface area contributed by atoms with Crippen LogP contribution in [0.2, 0.25) is 0 Å². The average Bonchev–Trinajstić information content (AvgIpc) is 2.34. The van der Waals surface area contributed by atoms with Crippen molar-refractivity contribution in [2.24, 2.45) is 0 Å². The fourth-order valence-corrected chi connectivity index (χ4v) is 2.44. The maximum absolute atomic E-state index is 9.36. The van der Waals surface area contributed by atoms with E-state index in [2.05, 4.69) is 23.8 Å². The van der Waals surface area contributed by atoms with Crippen molar-refractivity contribution in [1.29, 1.82) is 0 Å². The van der Waals surface area contributed by atoms with Gasteiger partial charge in [-0.3, -0.25) is 4.90 Å². The molecule has 2 N–H and O–H groups in total. The molecule has 1 aromatic rings. The molecular formula is C13H21BN2O2. The fraction of sp³-hybridized carbons (Fsp3) is 0.538. The second-order valence-corrected chi connectivity index (χ2v) is 5.14. The Morgan fingerprint density at radius 1 is 1.28 bits per heavy atom. The summed E-state index contributed by atoms with van der Waals surface area (Å²) in [7, 11) is 0.763. The summed E-state index contributed by atoms with van der Waals surface area (Å²) in [6, 6.07) is 8.08. The van der Waals surface area contributed by atoms with Crippen LogP contribution in [0.25, 0.3) is 0 Å². The van der Waals surface area contributed by atoms with Crippen molar-refractivity contribution < 1.29 is 10.0 Å². The summed E-state index contributed by atoms with van der Waals surface area (Å²) < 4.78 is 0. The maximum atomic E-state index is 9.36. The summed E-state index contributed by atoms with van der Waals surface area (Å²) >= 11 is 0. The highest BCUT2D eigenvalue weighted by atomic mass is 16.4. The Labute approximate surface area is 109 Å². The lowest BCUT2D eigenvalue weighted by Gasteiger charge is -2.38. The first-order chi connectivity index (χ1) is 8.58. The van der Waals surface area contributed by atoms with Crippen LogP contribution in [0.15, 0.2) is 24.3 Å². The average molecular weight is 248 g/mol. The summed E-state index contributed by atoms with van der Waals surface area (Å²) in [5.41, 5.74) is 1.62. The lowest BCUT2D eigenvalue weighted by Crippen LogP contribution is -2.50. The number of hydrogen-bond donors (Lipinski definition) is 2. The van der Waals surface area contributed by atoms with E-state index in [0.29, 0.717) is 11.5 Å². The highest BCUT2D eigenvalue weighted by Gasteiger charge is 2.22. The molecule has 0 spiro atoms. The molecule has 1 fully saturated rings. The number of rotatable bonds is 3. The molecule has 1 atom stereocenters. The molecular weight excluding hydrogens is 227 g/mol. The van der Waals surface area contributed by atoms with Gasteiger partial charge in [-0.15, -0.1) is 0 Å². The normalized spacial score (nSPS) is 22.1. The van der Waals surface area contributed by atoms with E-state index in [0.717, 1.165) is 31.7 Å². The van der Waals surface area contributed by atoms with E-state index < -0.39 is 7.12 Å². The first-order valence-electron chi connectivity index (χ1n) is 6.44. The van der Waals surface area contributed by atoms with Gasteiger partial charge in [0.05, 0.1) is 0 Å². The van der Waals surface area contributed by atoms with Crippen molar-refractivity contribution in [3.63, 3.8) is 0 Å². The SMILES string of the molecule is CC1CN(Cc2ccccc2B(O)O)CCN1C. The molecule has 1 aromatic carbocycles. The second kappa shape index (κ2) is 5.84. The van der Waals surface area contributed by atoms with E-state index in [1.165, 1.54) is 0 Å². The smallest absolute Gasteiger partial charge is 0.423 e. The van der Waals surface area contributed by atoms with Crippen LogP contribution in [0.3, 0.4) is 0 Å². The Hall–Kier alpha value is -0.875. The van der Waals surface area contributed by atoms with Gasteiger partial charge in [0.15, 0.2) is 0 Å². The molecule has 5 heteroatoms. The van der Waals surface area contributed by atoms with Crippen LogP contribution in [0.4, 0.5) is 0 Å². The van der Waals surface area contributed by atoms with Crippen LogP contribution in [0.1, 0.15) is 12.5 Å². The number of nitrogens with zero attached hydrogens (tertiary/aromatic N) is 2. The zero-order valence-corrected chi connectivity index (χ0v) is 11.1. The van der Waals surface area contributed by atoms with Crippen LogP contribution in [-0.4, -0.2) is 59.7 Å². The van der Waals surface area contributed by atoms with Crippen molar-refractivity contribution in [1.82, 2.24) is 9.80 Å². The van der Waals surface area contributed by atoms with Crippen LogP contribution in [-0.2, 0) is 6.54 Å². The molecule has 1 unspecified atom stereocenters. The molecule has 0 radical (unpaired) electrons. The van der Waals surface area contributed by atoms with E-state index in [-0.39, 0.29) is 0 Å². The Morgan fingerprint density at radius 2 is 2.00 bits per heavy atom. The molecule has 98 valence electrons. The largest absolute Gasteiger partial charge is 0.488 e. The van der Waals surface area contributed by atoms with Gasteiger partial charge < -0.3 is 14.9 Å². The third-order valence-corrected chi connectivity index (χ3v) is 3.77. The van der Waals surface area contributed by atoms with Crippen molar-refractivity contribution in [2.45, 2.75) is 19.5 Å². The van der Waals surface area contributed by atoms with Crippen molar-refractivity contribution in [3.8, 4) is 0 Å². The minimum absolute atomic E-state index is 0.546. The van der Waals surface area contributed by atoms with Crippen molar-refractivity contribution in [3.05, 3.63) is 29.8 Å². The lowest BCUT2D eigenvalue weighted by atomic mass is 9.77. The molecule has 1 aliphatic rings. The Bertz CT molecular complexity index is 400. The quantitative estimate of drug-likeness (QED) is 0.708. The van der Waals surface area contributed by atoms with E-state index in [1.807, 2.05) is 18.2 Å². The van der Waals surface area contributed by atoms with Gasteiger partial charge in [0.1, 0.15) is 0 Å². The molecule has 1 saturated heterocycles. The molecule has 0 bridgehead atoms. The van der Waals surface area contributed by atoms with Gasteiger partial charge >= 0.3 is 7.12 Å². The van der Waals surface area contributed by atoms with E-state index in [4.69, 9.17) is 0 Å². The molecule has 0 saturated carbocycles. The lowest BCUT2D eigenvalue weighted by molar-refractivity contribution is 0.100. The number of likely N-dealkylation sites (N-methyl/N-ethyl adjacent to an activating group) is 1. The number of benzene rings is 1. The highest BCUT2D eigenvalue weighted by Crippen LogP contribution is 2.10. The zero-order valence-electron chi connectivity index (χ0n) is 11.1. The van der Waals surface area contributed by atoms with Crippen LogP contribution < -0.4 is 5.46 Å². The van der Waals surface area contributed by atoms with Crippen LogP contribution in [0.5, 0.6) is 0 Å². The van der Waals surface area contributed by atoms with E-state index >= 15 is 0 Å². The standard InChI is InChI=1S/C13H21BN2O2/c1-11-9-16(8-7-15(11)2)10-12-5-3-4-6-13(12)14(17)18/h3-6,11,17-18H,7-10H2,1-2H3. The Balaban J connectivity index is 2.06. The summed E-state index contributed by atoms with van der Waals surface area (Å²) in [6.45, 7) is 6.11. The van der Waals surface area contributed by atoms with Gasteiger partial charge in [0, 0.05) is 32.2 Å². The monoisotopic (exact) mass is 248 g/mol. The van der Waals surface area contributed by atoms with Gasteiger partial charge in [0.2, 0.25) is 0 Å². The molecule has 0 amide bonds. The van der Waals surface area contributed by atoms with Crippen molar-refractivity contribution >= 4 is 12.6 Å². The molecule has 0 aromatic heterocycles. The predicted molar refractivity (Wildman–Crippen MR) is 73.6 cm³/mol. The Kier molecular flexibility index (Phi) is 4.40. The van der Waals surface area contributed by atoms with Crippen molar-refractivity contribution in [2.75, 3.05) is 26.7 Å². The summed E-state index contributed by atoms with van der Waals surface area (Å²) in [6.07, 6.45) is 0. The molecule has 4 nitrogen and oxygen atoms in total. The highest BCUT2D eigenvalue weighted by molar-refractivity contribution is 6.59.